The van der Waals surface area contributed by atoms with Gasteiger partial charge in [-0.15, -0.1) is 0 Å². The molecule has 1 aromatic rings. The van der Waals surface area contributed by atoms with Gasteiger partial charge in [-0.3, -0.25) is 9.78 Å². The number of carbonyl (C=O) groups excluding carboxylic acids is 1. The van der Waals surface area contributed by atoms with Gasteiger partial charge in [-0.05, 0) is 0 Å². The molecule has 0 saturated heterocycles. The summed E-state index contributed by atoms with van der Waals surface area (Å²) in [6, 6.07) is 3.55. The minimum Gasteiger partial charge on any atom is -0.482 e. The molecule has 1 aromatic heterocycles. The van der Waals surface area contributed by atoms with Gasteiger partial charge < -0.3 is 9.64 Å². The summed E-state index contributed by atoms with van der Waals surface area (Å²) in [5, 5.41) is 8.84. The van der Waals surface area contributed by atoms with Gasteiger partial charge in [-0.25, -0.2) is 0 Å². The van der Waals surface area contributed by atoms with Crippen LogP contribution in [0.4, 0.5) is 0 Å². The van der Waals surface area contributed by atoms with Gasteiger partial charge >= 0.3 is 0 Å². The zero-order valence-electron chi connectivity index (χ0n) is 9.39. The van der Waals surface area contributed by atoms with E-state index in [1.807, 2.05) is 6.07 Å². The lowest BCUT2D eigenvalue weighted by Gasteiger charge is -2.15. The fraction of sp³-hybridized carbons (Fsp3) is 0.364. The summed E-state index contributed by atoms with van der Waals surface area (Å²) in [5.41, 5.74) is 0. The molecule has 0 aliphatic carbocycles. The largest absolute Gasteiger partial charge is 0.482 e. The highest BCUT2D eigenvalue weighted by atomic mass is 35.5. The number of hydrogen-bond donors (Lipinski definition) is 0. The van der Waals surface area contributed by atoms with Crippen LogP contribution in [0.15, 0.2) is 18.5 Å². The Hall–Kier alpha value is -1.80. The highest BCUT2D eigenvalue weighted by Crippen LogP contribution is 2.14. The fourth-order valence-corrected chi connectivity index (χ4v) is 1.23. The normalized spacial score (nSPS) is 9.47. The van der Waals surface area contributed by atoms with Crippen molar-refractivity contribution >= 4 is 17.5 Å². The quantitative estimate of drug-likeness (QED) is 0.797. The second-order valence-electron chi connectivity index (χ2n) is 3.35. The summed E-state index contributed by atoms with van der Waals surface area (Å²) in [7, 11) is 1.62. The number of hydrogen-bond acceptors (Lipinski definition) is 4. The Morgan fingerprint density at radius 3 is 3.06 bits per heavy atom. The highest BCUT2D eigenvalue weighted by Gasteiger charge is 2.09. The number of nitriles is 1. The van der Waals surface area contributed by atoms with Crippen molar-refractivity contribution in [1.82, 2.24) is 9.88 Å². The first kappa shape index (κ1) is 13.3. The number of ether oxygens (including phenoxy) is 1. The molecular formula is C11H12ClN3O2. The van der Waals surface area contributed by atoms with Crippen molar-refractivity contribution in [3.63, 3.8) is 0 Å². The van der Waals surface area contributed by atoms with Crippen LogP contribution in [0.1, 0.15) is 6.42 Å². The van der Waals surface area contributed by atoms with Gasteiger partial charge in [0.05, 0.1) is 23.7 Å². The van der Waals surface area contributed by atoms with Gasteiger partial charge in [0.1, 0.15) is 5.75 Å². The Labute approximate surface area is 105 Å². The number of nitrogens with zero attached hydrogens (tertiary/aromatic N) is 3. The summed E-state index contributed by atoms with van der Waals surface area (Å²) in [6.45, 7) is 0.302. The minimum atomic E-state index is -0.194. The number of amides is 1. The zero-order chi connectivity index (χ0) is 12.7. The second-order valence-corrected chi connectivity index (χ2v) is 3.79. The molecule has 17 heavy (non-hydrogen) atoms. The molecule has 5 nitrogen and oxygen atoms in total. The van der Waals surface area contributed by atoms with E-state index >= 15 is 0 Å². The molecule has 0 N–H and O–H groups in total. The average molecular weight is 254 g/mol. The standard InChI is InChI=1S/C11H12ClN3O2/c1-15(4-2-3-13)11(16)8-17-10-5-9(12)6-14-7-10/h5-7H,2,4,8H2,1H3. The molecule has 0 saturated carbocycles. The lowest BCUT2D eigenvalue weighted by molar-refractivity contribution is -0.131. The molecule has 0 atom stereocenters. The number of halogens is 1. The molecule has 0 aliphatic rings. The van der Waals surface area contributed by atoms with Gasteiger partial charge in [0, 0.05) is 25.9 Å². The second kappa shape index (κ2) is 6.71. The Morgan fingerprint density at radius 2 is 2.41 bits per heavy atom. The highest BCUT2D eigenvalue weighted by molar-refractivity contribution is 6.30. The molecule has 6 heteroatoms. The molecule has 0 spiro atoms. The molecule has 0 unspecified atom stereocenters. The maximum atomic E-state index is 11.5. The number of pyridine rings is 1. The van der Waals surface area contributed by atoms with E-state index < -0.39 is 0 Å². The molecule has 1 heterocycles. The van der Waals surface area contributed by atoms with Crippen LogP contribution >= 0.6 is 11.6 Å². The first-order chi connectivity index (χ1) is 8.13. The van der Waals surface area contributed by atoms with Gasteiger partial charge in [-0.2, -0.15) is 5.26 Å². The van der Waals surface area contributed by atoms with Crippen LogP contribution in [-0.4, -0.2) is 36.0 Å². The van der Waals surface area contributed by atoms with Crippen LogP contribution in [0.2, 0.25) is 5.02 Å². The lowest BCUT2D eigenvalue weighted by atomic mass is 10.4. The van der Waals surface area contributed by atoms with E-state index in [0.29, 0.717) is 23.7 Å². The third-order valence-electron chi connectivity index (χ3n) is 2.03. The van der Waals surface area contributed by atoms with Crippen LogP contribution in [-0.2, 0) is 4.79 Å². The predicted octanol–water partition coefficient (Wildman–Crippen LogP) is 1.49. The van der Waals surface area contributed by atoms with E-state index in [4.69, 9.17) is 21.6 Å². The summed E-state index contributed by atoms with van der Waals surface area (Å²) in [4.78, 5) is 16.8. The molecule has 0 aromatic carbocycles. The molecular weight excluding hydrogens is 242 g/mol. The number of carbonyl (C=O) groups is 1. The summed E-state index contributed by atoms with van der Waals surface area (Å²) in [5.74, 6) is 0.250. The van der Waals surface area contributed by atoms with Crippen LogP contribution in [0, 0.1) is 11.3 Å². The molecule has 0 bridgehead atoms. The Balaban J connectivity index is 2.40. The number of rotatable bonds is 5. The van der Waals surface area contributed by atoms with Crippen LogP contribution in [0.25, 0.3) is 0 Å². The van der Waals surface area contributed by atoms with Crippen molar-refractivity contribution in [2.24, 2.45) is 0 Å². The lowest BCUT2D eigenvalue weighted by Crippen LogP contribution is -2.32. The third kappa shape index (κ3) is 4.70. The van der Waals surface area contributed by atoms with Crippen LogP contribution in [0.3, 0.4) is 0 Å². The van der Waals surface area contributed by atoms with E-state index in [2.05, 4.69) is 4.98 Å². The first-order valence-electron chi connectivity index (χ1n) is 4.97. The van der Waals surface area contributed by atoms with Crippen LogP contribution < -0.4 is 4.74 Å². The SMILES string of the molecule is CN(CCC#N)C(=O)COc1cncc(Cl)c1. The molecule has 1 amide bonds. The maximum Gasteiger partial charge on any atom is 0.260 e. The molecule has 0 fully saturated rings. The fourth-order valence-electron chi connectivity index (χ4n) is 1.07. The van der Waals surface area contributed by atoms with Crippen LogP contribution in [0.5, 0.6) is 5.75 Å². The van der Waals surface area contributed by atoms with Crippen molar-refractivity contribution in [2.45, 2.75) is 6.42 Å². The Bertz CT molecular complexity index is 431. The van der Waals surface area contributed by atoms with E-state index in [9.17, 15) is 4.79 Å². The van der Waals surface area contributed by atoms with Gasteiger partial charge in [0.15, 0.2) is 6.61 Å². The van der Waals surface area contributed by atoms with Crippen molar-refractivity contribution < 1.29 is 9.53 Å². The summed E-state index contributed by atoms with van der Waals surface area (Å²) in [6.07, 6.45) is 3.27. The topological polar surface area (TPSA) is 66.2 Å². The van der Waals surface area contributed by atoms with Gasteiger partial charge in [0.25, 0.3) is 5.91 Å². The smallest absolute Gasteiger partial charge is 0.260 e. The zero-order valence-corrected chi connectivity index (χ0v) is 10.1. The number of aromatic nitrogens is 1. The van der Waals surface area contributed by atoms with E-state index in [0.717, 1.165) is 0 Å². The molecule has 0 aliphatic heterocycles. The summed E-state index contributed by atoms with van der Waals surface area (Å²) < 4.78 is 5.23. The summed E-state index contributed by atoms with van der Waals surface area (Å²) >= 11 is 5.72. The molecule has 90 valence electrons. The maximum absolute atomic E-state index is 11.5. The van der Waals surface area contributed by atoms with Crippen molar-refractivity contribution in [1.29, 1.82) is 5.26 Å². The van der Waals surface area contributed by atoms with Crippen molar-refractivity contribution in [3.05, 3.63) is 23.5 Å². The molecule has 1 rings (SSSR count). The van der Waals surface area contributed by atoms with Gasteiger partial charge in [-0.1, -0.05) is 11.6 Å². The third-order valence-corrected chi connectivity index (χ3v) is 2.23. The predicted molar refractivity (Wildman–Crippen MR) is 62.6 cm³/mol. The van der Waals surface area contributed by atoms with Gasteiger partial charge in [0.2, 0.25) is 0 Å². The first-order valence-corrected chi connectivity index (χ1v) is 5.35. The number of likely N-dealkylation sites (N-methyl/N-ethyl adjacent to an activating group) is 1. The molecule has 0 radical (unpaired) electrons. The average Bonchev–Trinajstić information content (AvgIpc) is 2.33. The van der Waals surface area contributed by atoms with E-state index in [1.54, 1.807) is 13.1 Å². The Kier molecular flexibility index (Phi) is 5.24. The van der Waals surface area contributed by atoms with E-state index in [1.165, 1.54) is 17.3 Å². The van der Waals surface area contributed by atoms with E-state index in [-0.39, 0.29) is 12.5 Å². The Morgan fingerprint density at radius 1 is 1.65 bits per heavy atom. The minimum absolute atomic E-state index is 0.0933. The van der Waals surface area contributed by atoms with Crippen molar-refractivity contribution in [3.8, 4) is 11.8 Å². The monoisotopic (exact) mass is 253 g/mol. The van der Waals surface area contributed by atoms with Crippen molar-refractivity contribution in [2.75, 3.05) is 20.2 Å².